The lowest BCUT2D eigenvalue weighted by Gasteiger charge is -2.39. The minimum absolute atomic E-state index is 0. The SMILES string of the molecule is C.C.CN1C(NC(=O)OC(C)(C)C)=N[C@](C)(c2cc(Br)cs2)CS1(=O)=O.C[C@@H]1[C@@](C)(c2cc(Br)cs2)N=C(NC(=O)OC(C)(C)C)N(C)S1(=O)=O.C[C@H]1[C@@](C)(c2cc(Br)cs2)N=C(N)N(C)S1(=O)=O.C[C@H]1[C@@](C)(c2cc(Br)cs2)N=C(NC(=O)OC(C)(C)C)N(C)S1(=O)=O.I.[HH]. The number of nitrogens with zero attached hydrogens (tertiary/aromatic N) is 8. The van der Waals surface area contributed by atoms with Gasteiger partial charge in [0.15, 0.2) is 0 Å². The molecule has 4 aliphatic rings. The predicted molar refractivity (Wildman–Crippen MR) is 410 cm³/mol. The van der Waals surface area contributed by atoms with Crippen molar-refractivity contribution >= 4 is 215 Å². The number of hydrogen-bond acceptors (Lipinski definition) is 23. The van der Waals surface area contributed by atoms with E-state index in [1.54, 1.807) is 111 Å². The Labute approximate surface area is 628 Å². The average Bonchev–Trinajstić information content (AvgIpc) is 1.10. The Bertz CT molecular complexity index is 3920. The third-order valence-electron chi connectivity index (χ3n) is 14.5. The number of nitrogens with one attached hydrogen (secondary N) is 3. The van der Waals surface area contributed by atoms with Crippen molar-refractivity contribution < 1.29 is 63.7 Å². The van der Waals surface area contributed by atoms with Gasteiger partial charge in [0.2, 0.25) is 63.9 Å². The molecule has 7 atom stereocenters. The van der Waals surface area contributed by atoms with Crippen LogP contribution in [0.15, 0.2) is 83.6 Å². The summed E-state index contributed by atoms with van der Waals surface area (Å²) in [5.41, 5.74) is -0.239. The molecule has 0 aromatic carbocycles. The third kappa shape index (κ3) is 20.7. The summed E-state index contributed by atoms with van der Waals surface area (Å²) in [6.07, 6.45) is -2.25. The van der Waals surface area contributed by atoms with Gasteiger partial charge < -0.3 is 19.9 Å². The largest absolute Gasteiger partial charge is 0.444 e. The number of amides is 3. The van der Waals surface area contributed by atoms with E-state index in [0.717, 1.165) is 54.6 Å². The van der Waals surface area contributed by atoms with Crippen molar-refractivity contribution in [3.63, 3.8) is 0 Å². The summed E-state index contributed by atoms with van der Waals surface area (Å²) in [7, 11) is -8.98. The maximum absolute atomic E-state index is 12.8. The highest BCUT2D eigenvalue weighted by Crippen LogP contribution is 2.45. The number of guanidine groups is 4. The number of carbonyl (C=O) groups excluding carboxylic acids is 3. The molecule has 0 saturated carbocycles. The maximum Gasteiger partial charge on any atom is 0.414 e. The van der Waals surface area contributed by atoms with E-state index in [2.05, 4.69) is 99.6 Å². The Balaban J connectivity index is 0.000000635. The zero-order valence-corrected chi connectivity index (χ0v) is 69.8. The Kier molecular flexibility index (Phi) is 29.3. The molecule has 4 aromatic heterocycles. The first-order valence-corrected chi connectivity index (χ1v) is 40.4. The van der Waals surface area contributed by atoms with Crippen LogP contribution >= 0.6 is 133 Å². The second-order valence-corrected chi connectivity index (χ2v) is 41.2. The topological polar surface area (TPSA) is 340 Å². The molecule has 4 aromatic rings. The Morgan fingerprint density at radius 1 is 0.495 bits per heavy atom. The van der Waals surface area contributed by atoms with Gasteiger partial charge in [0.25, 0.3) is 0 Å². The average molecular weight is 1860 g/mol. The number of thiophene rings is 4. The number of alkyl carbamates (subject to hydrolysis) is 3. The summed E-state index contributed by atoms with van der Waals surface area (Å²) < 4.78 is 124. The number of halogens is 5. The smallest absolute Gasteiger partial charge is 0.414 e. The van der Waals surface area contributed by atoms with Crippen molar-refractivity contribution in [2.45, 2.75) is 180 Å². The molecule has 8 rings (SSSR count). The number of ether oxygens (including phenoxy) is 3. The molecule has 39 heteroatoms. The summed E-state index contributed by atoms with van der Waals surface area (Å²) in [6.45, 7) is 27.5. The molecule has 95 heavy (non-hydrogen) atoms. The van der Waals surface area contributed by atoms with Crippen LogP contribution in [0.5, 0.6) is 0 Å². The van der Waals surface area contributed by atoms with Crippen LogP contribution in [0, 0.1) is 0 Å². The molecule has 5 N–H and O–H groups in total. The van der Waals surface area contributed by atoms with Crippen molar-refractivity contribution in [1.82, 2.24) is 33.2 Å². The van der Waals surface area contributed by atoms with E-state index in [1.165, 1.54) is 73.5 Å². The first kappa shape index (κ1) is 87.8. The third-order valence-corrected chi connectivity index (χ3v) is 31.0. The van der Waals surface area contributed by atoms with Gasteiger partial charge in [-0.25, -0.2) is 85.2 Å². The number of rotatable bonds is 4. The van der Waals surface area contributed by atoms with Gasteiger partial charge >= 0.3 is 18.3 Å². The highest BCUT2D eigenvalue weighted by molar-refractivity contribution is 14.0. The highest BCUT2D eigenvalue weighted by atomic mass is 127. The maximum atomic E-state index is 12.8. The molecule has 0 radical (unpaired) electrons. The summed E-state index contributed by atoms with van der Waals surface area (Å²) in [5, 5.41) is 12.6. The van der Waals surface area contributed by atoms with Gasteiger partial charge in [-0.2, -0.15) is 0 Å². The van der Waals surface area contributed by atoms with Crippen LogP contribution in [-0.4, -0.2) is 160 Å². The predicted octanol–water partition coefficient (Wildman–Crippen LogP) is 13.3. The van der Waals surface area contributed by atoms with Crippen LogP contribution in [0.25, 0.3) is 0 Å². The van der Waals surface area contributed by atoms with Gasteiger partial charge in [0.05, 0.1) is 5.75 Å². The highest BCUT2D eigenvalue weighted by Gasteiger charge is 2.52. The fourth-order valence-electron chi connectivity index (χ4n) is 8.76. The van der Waals surface area contributed by atoms with Crippen molar-refractivity contribution in [2.24, 2.45) is 25.7 Å². The van der Waals surface area contributed by atoms with Crippen molar-refractivity contribution in [1.29, 1.82) is 0 Å². The van der Waals surface area contributed by atoms with E-state index in [0.29, 0.717) is 0 Å². The van der Waals surface area contributed by atoms with E-state index >= 15 is 0 Å². The molecule has 4 aliphatic heterocycles. The number of sulfonamides is 4. The molecule has 3 amide bonds. The van der Waals surface area contributed by atoms with Gasteiger partial charge in [-0.05, 0) is 199 Å². The van der Waals surface area contributed by atoms with Crippen LogP contribution in [-0.2, 0) is 76.5 Å². The number of carbonyl (C=O) groups is 3. The molecule has 0 fully saturated rings. The fraction of sp³-hybridized carbons (Fsp3) is 0.589. The standard InChI is InChI=1S/2C15H22BrN3O4S2.C14H20BrN3O4S2.C10H14BrN3O2S2.2CH4.HI.H2/c2*1-9-15(5,11-7-10(16)8-24-11)18-12(19(6)25(9,21)22)17-13(20)23-14(2,3)4;1-13(2,3)22-12(19)16-11-17-14(4,8-24(20,21)18(11)5)10-6-9(15)7-23-10;1-6-10(2,8-4-7(11)5-17-8)13-9(12)14(3)18(6,15)16;;;;/h2*7-9H,1-6H3,(H,17,18,20);6-7H,8H2,1-5H3,(H,16,17,19);4-6H,1-3H3,(H2,12,13);2*1H4;2*1H/t9-,15+;9-,15-;14-;6-,10-;;;;/m1000..../s1. The van der Waals surface area contributed by atoms with Gasteiger partial charge in [-0.1, -0.05) is 14.9 Å². The summed E-state index contributed by atoms with van der Waals surface area (Å²) in [6, 6.07) is 7.41. The minimum Gasteiger partial charge on any atom is -0.444 e. The first-order valence-electron chi connectivity index (χ1n) is 27.6. The van der Waals surface area contributed by atoms with Gasteiger partial charge in [0, 0.05) is 88.5 Å². The van der Waals surface area contributed by atoms with Gasteiger partial charge in [-0.3, -0.25) is 16.0 Å². The lowest BCUT2D eigenvalue weighted by atomic mass is 9.97. The molecule has 0 saturated heterocycles. The van der Waals surface area contributed by atoms with E-state index in [4.69, 9.17) is 19.9 Å². The van der Waals surface area contributed by atoms with Crippen LogP contribution in [0.2, 0.25) is 0 Å². The lowest BCUT2D eigenvalue weighted by molar-refractivity contribution is 0.0546. The van der Waals surface area contributed by atoms with E-state index in [-0.39, 0.29) is 69.8 Å². The Morgan fingerprint density at radius 2 is 0.747 bits per heavy atom. The molecule has 0 spiro atoms. The summed E-state index contributed by atoms with van der Waals surface area (Å²) in [5.74, 6) is -0.315. The van der Waals surface area contributed by atoms with Crippen LogP contribution < -0.4 is 21.7 Å². The zero-order valence-electron chi connectivity index (χ0n) is 54.6. The van der Waals surface area contributed by atoms with Gasteiger partial charge in [0.1, 0.15) is 54.7 Å². The summed E-state index contributed by atoms with van der Waals surface area (Å²) in [4.78, 5) is 57.4. The van der Waals surface area contributed by atoms with E-state index in [1.807, 2.05) is 45.8 Å². The van der Waals surface area contributed by atoms with Crippen molar-refractivity contribution in [3.05, 3.63) is 83.2 Å². The number of nitrogens with two attached hydrogens (primary N) is 1. The van der Waals surface area contributed by atoms with Crippen molar-refractivity contribution in [2.75, 3.05) is 33.9 Å². The Hall–Kier alpha value is -3.26. The molecule has 0 aliphatic carbocycles. The number of aliphatic imine (C=N–C) groups is 4. The monoisotopic (exact) mass is 1850 g/mol. The second-order valence-electron chi connectivity index (χ2n) is 25.1. The normalized spacial score (nSPS) is 25.6. The van der Waals surface area contributed by atoms with Crippen LogP contribution in [0.1, 0.15) is 147 Å². The summed E-state index contributed by atoms with van der Waals surface area (Å²) >= 11 is 19.2. The zero-order chi connectivity index (χ0) is 70.5. The molecular weight excluding hydrogens is 1770 g/mol. The molecule has 0 unspecified atom stereocenters. The quantitative estimate of drug-likeness (QED) is 0.109. The van der Waals surface area contributed by atoms with E-state index < -0.39 is 113 Å². The molecule has 0 bridgehead atoms. The van der Waals surface area contributed by atoms with E-state index in [9.17, 15) is 48.1 Å². The molecular formula is C56H89Br4IN12O14S8. The minimum atomic E-state index is -3.70. The first-order chi connectivity index (χ1) is 41.6. The molecule has 8 heterocycles. The Morgan fingerprint density at radius 3 is 1.01 bits per heavy atom. The lowest BCUT2D eigenvalue weighted by Crippen LogP contribution is -2.57. The molecule has 540 valence electrons. The van der Waals surface area contributed by atoms with Crippen LogP contribution in [0.4, 0.5) is 14.4 Å². The van der Waals surface area contributed by atoms with Gasteiger partial charge in [-0.15, -0.1) is 69.3 Å². The van der Waals surface area contributed by atoms with Crippen LogP contribution in [0.3, 0.4) is 0 Å². The fourth-order valence-corrected chi connectivity index (χ4v) is 21.6. The molecule has 26 nitrogen and oxygen atoms in total. The van der Waals surface area contributed by atoms with Crippen molar-refractivity contribution in [3.8, 4) is 0 Å². The number of hydrogen-bond donors (Lipinski definition) is 4. The second kappa shape index (κ2) is 31.7.